The summed E-state index contributed by atoms with van der Waals surface area (Å²) in [7, 11) is 0. The van der Waals surface area contributed by atoms with Crippen LogP contribution in [0, 0.1) is 5.92 Å². The standard InChI is InChI=1S/C14H24N2O4/c1-3-5-6-11(4-2)9-16-12(17)10-15(14(16)20)8-7-13(18)19/h11H,3-10H2,1-2H3,(H,18,19). The predicted molar refractivity (Wildman–Crippen MR) is 74.2 cm³/mol. The Kier molecular flexibility index (Phi) is 6.48. The minimum atomic E-state index is -0.960. The lowest BCUT2D eigenvalue weighted by atomic mass is 9.99. The Morgan fingerprint density at radius 2 is 2.05 bits per heavy atom. The van der Waals surface area contributed by atoms with E-state index in [-0.39, 0.29) is 31.4 Å². The molecule has 0 bridgehead atoms. The van der Waals surface area contributed by atoms with Crippen LogP contribution in [0.25, 0.3) is 0 Å². The van der Waals surface area contributed by atoms with E-state index in [1.54, 1.807) is 0 Å². The molecule has 0 aromatic carbocycles. The van der Waals surface area contributed by atoms with E-state index < -0.39 is 5.97 Å². The van der Waals surface area contributed by atoms with Gasteiger partial charge in [0.25, 0.3) is 0 Å². The van der Waals surface area contributed by atoms with Crippen LogP contribution >= 0.6 is 0 Å². The van der Waals surface area contributed by atoms with Crippen LogP contribution in [0.2, 0.25) is 0 Å². The highest BCUT2D eigenvalue weighted by Crippen LogP contribution is 2.18. The fraction of sp³-hybridized carbons (Fsp3) is 0.786. The van der Waals surface area contributed by atoms with Crippen LogP contribution in [0.5, 0.6) is 0 Å². The first-order valence-electron chi connectivity index (χ1n) is 7.30. The molecule has 1 unspecified atom stereocenters. The molecule has 0 radical (unpaired) electrons. The minimum absolute atomic E-state index is 0.0102. The van der Waals surface area contributed by atoms with Gasteiger partial charge in [-0.25, -0.2) is 4.79 Å². The molecule has 6 heteroatoms. The highest BCUT2D eigenvalue weighted by atomic mass is 16.4. The summed E-state index contributed by atoms with van der Waals surface area (Å²) in [6, 6.07) is -0.341. The number of imide groups is 1. The predicted octanol–water partition coefficient (Wildman–Crippen LogP) is 1.94. The number of hydrogen-bond acceptors (Lipinski definition) is 3. The Bertz CT molecular complexity index is 370. The quantitative estimate of drug-likeness (QED) is 0.656. The van der Waals surface area contributed by atoms with Crippen LogP contribution in [0.4, 0.5) is 4.79 Å². The first kappa shape index (κ1) is 16.5. The number of hydrogen-bond donors (Lipinski definition) is 1. The third kappa shape index (κ3) is 4.51. The SMILES string of the molecule is CCCCC(CC)CN1C(=O)CN(CCC(=O)O)C1=O. The van der Waals surface area contributed by atoms with Gasteiger partial charge in [0.2, 0.25) is 5.91 Å². The largest absolute Gasteiger partial charge is 0.481 e. The van der Waals surface area contributed by atoms with Crippen LogP contribution in [0.3, 0.4) is 0 Å². The number of aliphatic carboxylic acids is 1. The highest BCUT2D eigenvalue weighted by molar-refractivity contribution is 6.02. The first-order chi connectivity index (χ1) is 9.49. The van der Waals surface area contributed by atoms with E-state index in [0.717, 1.165) is 25.7 Å². The molecular formula is C14H24N2O4. The summed E-state index contributed by atoms with van der Waals surface area (Å²) in [6.45, 7) is 4.75. The molecular weight excluding hydrogens is 260 g/mol. The van der Waals surface area contributed by atoms with Crippen molar-refractivity contribution >= 4 is 17.9 Å². The fourth-order valence-corrected chi connectivity index (χ4v) is 2.35. The van der Waals surface area contributed by atoms with Gasteiger partial charge in [-0.15, -0.1) is 0 Å². The van der Waals surface area contributed by atoms with Crippen molar-refractivity contribution in [3.8, 4) is 0 Å². The fourth-order valence-electron chi connectivity index (χ4n) is 2.35. The Hall–Kier alpha value is -1.59. The van der Waals surface area contributed by atoms with E-state index in [0.29, 0.717) is 12.5 Å². The average molecular weight is 284 g/mol. The Morgan fingerprint density at radius 1 is 1.35 bits per heavy atom. The second-order valence-electron chi connectivity index (χ2n) is 5.27. The maximum absolute atomic E-state index is 12.1. The second kappa shape index (κ2) is 7.87. The van der Waals surface area contributed by atoms with E-state index in [1.165, 1.54) is 9.80 Å². The van der Waals surface area contributed by atoms with E-state index in [1.807, 2.05) is 0 Å². The third-order valence-corrected chi connectivity index (χ3v) is 3.71. The molecule has 0 spiro atoms. The molecule has 20 heavy (non-hydrogen) atoms. The molecule has 1 saturated heterocycles. The summed E-state index contributed by atoms with van der Waals surface area (Å²) in [6.07, 6.45) is 4.02. The maximum atomic E-state index is 12.1. The summed E-state index contributed by atoms with van der Waals surface area (Å²) >= 11 is 0. The van der Waals surface area contributed by atoms with Gasteiger partial charge in [-0.3, -0.25) is 14.5 Å². The van der Waals surface area contributed by atoms with Gasteiger partial charge in [0.05, 0.1) is 6.42 Å². The zero-order chi connectivity index (χ0) is 15.1. The Balaban J connectivity index is 2.55. The molecule has 3 amide bonds. The monoisotopic (exact) mass is 284 g/mol. The van der Waals surface area contributed by atoms with Crippen LogP contribution in [-0.2, 0) is 9.59 Å². The van der Waals surface area contributed by atoms with Crippen molar-refractivity contribution in [3.05, 3.63) is 0 Å². The van der Waals surface area contributed by atoms with Crippen LogP contribution < -0.4 is 0 Å². The van der Waals surface area contributed by atoms with Gasteiger partial charge in [-0.1, -0.05) is 33.1 Å². The van der Waals surface area contributed by atoms with Gasteiger partial charge in [0.1, 0.15) is 6.54 Å². The molecule has 0 aliphatic carbocycles. The number of amides is 3. The van der Waals surface area contributed by atoms with Gasteiger partial charge in [0, 0.05) is 13.1 Å². The highest BCUT2D eigenvalue weighted by Gasteiger charge is 2.36. The number of rotatable bonds is 9. The molecule has 1 fully saturated rings. The topological polar surface area (TPSA) is 77.9 Å². The van der Waals surface area contributed by atoms with E-state index >= 15 is 0 Å². The molecule has 1 atom stereocenters. The first-order valence-corrected chi connectivity index (χ1v) is 7.30. The van der Waals surface area contributed by atoms with Gasteiger partial charge >= 0.3 is 12.0 Å². The normalized spacial score (nSPS) is 16.9. The maximum Gasteiger partial charge on any atom is 0.327 e. The summed E-state index contributed by atoms with van der Waals surface area (Å²) in [4.78, 5) is 37.1. The Labute approximate surface area is 119 Å². The summed E-state index contributed by atoms with van der Waals surface area (Å²) < 4.78 is 0. The average Bonchev–Trinajstić information content (AvgIpc) is 2.68. The lowest BCUT2D eigenvalue weighted by Crippen LogP contribution is -2.37. The minimum Gasteiger partial charge on any atom is -0.481 e. The number of unbranched alkanes of at least 4 members (excludes halogenated alkanes) is 1. The number of urea groups is 1. The van der Waals surface area contributed by atoms with Gasteiger partial charge in [0.15, 0.2) is 0 Å². The lowest BCUT2D eigenvalue weighted by molar-refractivity contribution is -0.137. The molecule has 1 N–H and O–H groups in total. The smallest absolute Gasteiger partial charge is 0.327 e. The molecule has 1 heterocycles. The molecule has 0 aromatic heterocycles. The number of nitrogens with zero attached hydrogens (tertiary/aromatic N) is 2. The van der Waals surface area contributed by atoms with E-state index in [9.17, 15) is 14.4 Å². The zero-order valence-corrected chi connectivity index (χ0v) is 12.3. The summed E-state index contributed by atoms with van der Waals surface area (Å²) in [5.74, 6) is -0.837. The van der Waals surface area contributed by atoms with Crippen LogP contribution in [0.1, 0.15) is 46.0 Å². The van der Waals surface area contributed by atoms with Crippen molar-refractivity contribution in [1.29, 1.82) is 0 Å². The number of carbonyl (C=O) groups is 3. The molecule has 6 nitrogen and oxygen atoms in total. The summed E-state index contributed by atoms with van der Waals surface area (Å²) in [5, 5.41) is 8.64. The van der Waals surface area contributed by atoms with Gasteiger partial charge < -0.3 is 10.0 Å². The molecule has 1 aliphatic heterocycles. The van der Waals surface area contributed by atoms with Crippen LogP contribution in [-0.4, -0.2) is 52.4 Å². The van der Waals surface area contributed by atoms with Crippen molar-refractivity contribution < 1.29 is 19.5 Å². The van der Waals surface area contributed by atoms with Crippen molar-refractivity contribution in [2.75, 3.05) is 19.6 Å². The Morgan fingerprint density at radius 3 is 2.60 bits per heavy atom. The van der Waals surface area contributed by atoms with E-state index in [2.05, 4.69) is 13.8 Å². The van der Waals surface area contributed by atoms with Crippen LogP contribution in [0.15, 0.2) is 0 Å². The van der Waals surface area contributed by atoms with Gasteiger partial charge in [-0.05, 0) is 12.3 Å². The number of carboxylic acids is 1. The molecule has 0 saturated carbocycles. The number of carboxylic acid groups (broad SMARTS) is 1. The number of carbonyl (C=O) groups excluding carboxylic acids is 2. The molecule has 1 rings (SSSR count). The van der Waals surface area contributed by atoms with Crippen molar-refractivity contribution in [3.63, 3.8) is 0 Å². The third-order valence-electron chi connectivity index (χ3n) is 3.71. The van der Waals surface area contributed by atoms with Crippen molar-refractivity contribution in [2.45, 2.75) is 46.0 Å². The lowest BCUT2D eigenvalue weighted by Gasteiger charge is -2.21. The van der Waals surface area contributed by atoms with Gasteiger partial charge in [-0.2, -0.15) is 0 Å². The summed E-state index contributed by atoms with van der Waals surface area (Å²) in [5.41, 5.74) is 0. The van der Waals surface area contributed by atoms with E-state index in [4.69, 9.17) is 5.11 Å². The molecule has 1 aliphatic rings. The second-order valence-corrected chi connectivity index (χ2v) is 5.27. The molecule has 0 aromatic rings. The molecule has 114 valence electrons. The van der Waals surface area contributed by atoms with Crippen molar-refractivity contribution in [2.24, 2.45) is 5.92 Å². The zero-order valence-electron chi connectivity index (χ0n) is 12.3. The van der Waals surface area contributed by atoms with Crippen molar-refractivity contribution in [1.82, 2.24) is 9.80 Å².